The van der Waals surface area contributed by atoms with Crippen LogP contribution in [0.25, 0.3) is 0 Å². The van der Waals surface area contributed by atoms with E-state index in [2.05, 4.69) is 22.0 Å². The molecule has 1 rings (SSSR count). The molecular weight excluding hydrogens is 192 g/mol. The van der Waals surface area contributed by atoms with E-state index in [1.165, 1.54) is 0 Å². The zero-order valence-electron chi connectivity index (χ0n) is 9.90. The predicted molar refractivity (Wildman–Crippen MR) is 58.4 cm³/mol. The molecule has 0 radical (unpaired) electrons. The van der Waals surface area contributed by atoms with Gasteiger partial charge >= 0.3 is 0 Å². The van der Waals surface area contributed by atoms with Gasteiger partial charge in [-0.3, -0.25) is 4.90 Å². The maximum Gasteiger partial charge on any atom is 0.240 e. The van der Waals surface area contributed by atoms with E-state index in [0.717, 1.165) is 5.82 Å². The topological polar surface area (TPSA) is 68.2 Å². The summed E-state index contributed by atoms with van der Waals surface area (Å²) in [7, 11) is 2.00. The average Bonchev–Trinajstić information content (AvgIpc) is 2.65. The molecule has 0 aliphatic rings. The molecule has 0 saturated heterocycles. The van der Waals surface area contributed by atoms with Gasteiger partial charge in [0.25, 0.3) is 0 Å². The van der Waals surface area contributed by atoms with Crippen LogP contribution >= 0.6 is 0 Å². The highest BCUT2D eigenvalue weighted by molar-refractivity contribution is 4.91. The summed E-state index contributed by atoms with van der Waals surface area (Å²) in [5.74, 6) is 1.72. The highest BCUT2D eigenvalue weighted by Gasteiger charge is 2.13. The van der Waals surface area contributed by atoms with Gasteiger partial charge in [-0.1, -0.05) is 19.0 Å². The fourth-order valence-corrected chi connectivity index (χ4v) is 1.12. The molecule has 1 heterocycles. The molecule has 1 aromatic heterocycles. The van der Waals surface area contributed by atoms with Crippen LogP contribution in [-0.4, -0.2) is 34.7 Å². The third kappa shape index (κ3) is 3.28. The third-order valence-electron chi connectivity index (χ3n) is 2.48. The number of likely N-dealkylation sites (N-methyl/N-ethyl adjacent to an activating group) is 1. The van der Waals surface area contributed by atoms with Crippen LogP contribution in [0.4, 0.5) is 0 Å². The number of hydrogen-bond donors (Lipinski definition) is 1. The van der Waals surface area contributed by atoms with Crippen molar-refractivity contribution in [1.29, 1.82) is 0 Å². The Bertz CT molecular complexity index is 297. The van der Waals surface area contributed by atoms with Crippen molar-refractivity contribution in [1.82, 2.24) is 15.0 Å². The van der Waals surface area contributed by atoms with Crippen LogP contribution in [0.3, 0.4) is 0 Å². The molecule has 15 heavy (non-hydrogen) atoms. The smallest absolute Gasteiger partial charge is 0.240 e. The van der Waals surface area contributed by atoms with Crippen LogP contribution in [0, 0.1) is 0 Å². The first-order valence-corrected chi connectivity index (χ1v) is 5.27. The van der Waals surface area contributed by atoms with Gasteiger partial charge in [0.05, 0.1) is 6.54 Å². The second-order valence-corrected chi connectivity index (χ2v) is 4.20. The van der Waals surface area contributed by atoms with Crippen molar-refractivity contribution in [2.45, 2.75) is 39.3 Å². The molecule has 0 saturated carbocycles. The zero-order chi connectivity index (χ0) is 11.4. The summed E-state index contributed by atoms with van der Waals surface area (Å²) >= 11 is 0. The average molecular weight is 212 g/mol. The van der Waals surface area contributed by atoms with Gasteiger partial charge in [0.2, 0.25) is 5.89 Å². The van der Waals surface area contributed by atoms with Crippen LogP contribution in [0.1, 0.15) is 38.4 Å². The molecular formula is C10H20N4O. The van der Waals surface area contributed by atoms with Crippen molar-refractivity contribution in [3.05, 3.63) is 11.7 Å². The molecule has 1 aromatic rings. The second-order valence-electron chi connectivity index (χ2n) is 4.20. The fourth-order valence-electron chi connectivity index (χ4n) is 1.12. The van der Waals surface area contributed by atoms with Gasteiger partial charge in [0, 0.05) is 18.5 Å². The van der Waals surface area contributed by atoms with Crippen LogP contribution < -0.4 is 5.73 Å². The first kappa shape index (κ1) is 12.1. The minimum absolute atomic E-state index is 0.305. The predicted octanol–water partition coefficient (Wildman–Crippen LogP) is 0.972. The van der Waals surface area contributed by atoms with Crippen LogP contribution in [0.2, 0.25) is 0 Å². The Labute approximate surface area is 90.6 Å². The summed E-state index contributed by atoms with van der Waals surface area (Å²) in [6, 6.07) is 0.319. The standard InChI is InChI=1S/C10H20N4O/c1-7(2)10-12-9(15-13-10)6-14(4)8(3)5-11/h7-8H,5-6,11H2,1-4H3. The Hall–Kier alpha value is -0.940. The van der Waals surface area contributed by atoms with Crippen molar-refractivity contribution >= 4 is 0 Å². The first-order chi connectivity index (χ1) is 7.04. The maximum absolute atomic E-state index is 5.57. The largest absolute Gasteiger partial charge is 0.338 e. The molecule has 86 valence electrons. The monoisotopic (exact) mass is 212 g/mol. The Morgan fingerprint density at radius 3 is 2.53 bits per heavy atom. The highest BCUT2D eigenvalue weighted by Crippen LogP contribution is 2.11. The van der Waals surface area contributed by atoms with Crippen molar-refractivity contribution in [2.75, 3.05) is 13.6 Å². The van der Waals surface area contributed by atoms with E-state index in [1.807, 2.05) is 20.9 Å². The van der Waals surface area contributed by atoms with Crippen molar-refractivity contribution in [2.24, 2.45) is 5.73 Å². The Balaban J connectivity index is 2.57. The fraction of sp³-hybridized carbons (Fsp3) is 0.800. The van der Waals surface area contributed by atoms with E-state index in [0.29, 0.717) is 30.9 Å². The normalized spacial score (nSPS) is 13.8. The van der Waals surface area contributed by atoms with E-state index < -0.39 is 0 Å². The molecule has 1 atom stereocenters. The molecule has 0 aliphatic carbocycles. The molecule has 0 aromatic carbocycles. The number of nitrogens with zero attached hydrogens (tertiary/aromatic N) is 3. The summed E-state index contributed by atoms with van der Waals surface area (Å²) in [6.45, 7) is 7.43. The van der Waals surface area contributed by atoms with Crippen LogP contribution in [-0.2, 0) is 6.54 Å². The molecule has 5 heteroatoms. The van der Waals surface area contributed by atoms with Crippen molar-refractivity contribution in [3.8, 4) is 0 Å². The Morgan fingerprint density at radius 2 is 2.07 bits per heavy atom. The summed E-state index contributed by atoms with van der Waals surface area (Å²) in [5.41, 5.74) is 5.57. The second kappa shape index (κ2) is 5.23. The molecule has 5 nitrogen and oxygen atoms in total. The van der Waals surface area contributed by atoms with E-state index in [9.17, 15) is 0 Å². The summed E-state index contributed by atoms with van der Waals surface area (Å²) in [6.07, 6.45) is 0. The maximum atomic E-state index is 5.57. The first-order valence-electron chi connectivity index (χ1n) is 5.27. The molecule has 0 fully saturated rings. The molecule has 1 unspecified atom stereocenters. The van der Waals surface area contributed by atoms with E-state index >= 15 is 0 Å². The molecule has 0 spiro atoms. The molecule has 0 bridgehead atoms. The third-order valence-corrected chi connectivity index (χ3v) is 2.48. The van der Waals surface area contributed by atoms with Gasteiger partial charge in [0.15, 0.2) is 5.82 Å². The van der Waals surface area contributed by atoms with Gasteiger partial charge in [-0.15, -0.1) is 0 Å². The summed E-state index contributed by atoms with van der Waals surface area (Å²) in [5, 5.41) is 3.91. The van der Waals surface area contributed by atoms with Gasteiger partial charge in [-0.05, 0) is 14.0 Å². The van der Waals surface area contributed by atoms with Crippen molar-refractivity contribution < 1.29 is 4.52 Å². The van der Waals surface area contributed by atoms with Gasteiger partial charge < -0.3 is 10.3 Å². The number of nitrogens with two attached hydrogens (primary N) is 1. The lowest BCUT2D eigenvalue weighted by Gasteiger charge is -2.20. The quantitative estimate of drug-likeness (QED) is 0.787. The summed E-state index contributed by atoms with van der Waals surface area (Å²) < 4.78 is 5.15. The Morgan fingerprint density at radius 1 is 1.40 bits per heavy atom. The zero-order valence-corrected chi connectivity index (χ0v) is 9.90. The Kier molecular flexibility index (Phi) is 4.23. The molecule has 0 aliphatic heterocycles. The number of rotatable bonds is 5. The van der Waals surface area contributed by atoms with Gasteiger partial charge in [-0.25, -0.2) is 0 Å². The minimum Gasteiger partial charge on any atom is -0.338 e. The molecule has 0 amide bonds. The SMILES string of the molecule is CC(C)c1noc(CN(C)C(C)CN)n1. The molecule has 2 N–H and O–H groups in total. The lowest BCUT2D eigenvalue weighted by atomic mass is 10.2. The van der Waals surface area contributed by atoms with Gasteiger partial charge in [-0.2, -0.15) is 4.98 Å². The number of hydrogen-bond acceptors (Lipinski definition) is 5. The van der Waals surface area contributed by atoms with Crippen LogP contribution in [0.15, 0.2) is 4.52 Å². The van der Waals surface area contributed by atoms with E-state index in [1.54, 1.807) is 0 Å². The van der Waals surface area contributed by atoms with Crippen molar-refractivity contribution in [3.63, 3.8) is 0 Å². The lowest BCUT2D eigenvalue weighted by molar-refractivity contribution is 0.218. The van der Waals surface area contributed by atoms with E-state index in [4.69, 9.17) is 10.3 Å². The van der Waals surface area contributed by atoms with E-state index in [-0.39, 0.29) is 0 Å². The minimum atomic E-state index is 0.305. The highest BCUT2D eigenvalue weighted by atomic mass is 16.5. The number of aromatic nitrogens is 2. The lowest BCUT2D eigenvalue weighted by Crippen LogP contribution is -2.34. The van der Waals surface area contributed by atoms with Gasteiger partial charge in [0.1, 0.15) is 0 Å². The summed E-state index contributed by atoms with van der Waals surface area (Å²) in [4.78, 5) is 6.40. The van der Waals surface area contributed by atoms with Crippen LogP contribution in [0.5, 0.6) is 0 Å².